The highest BCUT2D eigenvalue weighted by Crippen LogP contribution is 2.19. The molecular formula is C22H33N5O13. The van der Waals surface area contributed by atoms with E-state index in [1.165, 1.54) is 6.92 Å². The molecule has 0 bridgehead atoms. The van der Waals surface area contributed by atoms with Crippen LogP contribution in [-0.2, 0) is 33.5 Å². The fourth-order valence-corrected chi connectivity index (χ4v) is 3.18. The van der Waals surface area contributed by atoms with Crippen molar-refractivity contribution < 1.29 is 63.9 Å². The van der Waals surface area contributed by atoms with E-state index in [9.17, 15) is 49.2 Å². The third-order valence-electron chi connectivity index (χ3n) is 5.25. The van der Waals surface area contributed by atoms with Gasteiger partial charge >= 0.3 is 5.97 Å². The van der Waals surface area contributed by atoms with Crippen molar-refractivity contribution in [1.82, 2.24) is 20.7 Å². The molecule has 0 aliphatic heterocycles. The fraction of sp³-hybridized carbons (Fsp3) is 0.545. The number of aromatic hydroxyl groups is 2. The van der Waals surface area contributed by atoms with Gasteiger partial charge in [-0.2, -0.15) is 0 Å². The Morgan fingerprint density at radius 3 is 2.17 bits per heavy atom. The van der Waals surface area contributed by atoms with E-state index in [4.69, 9.17) is 20.4 Å². The number of nitrogens with two attached hydrogens (primary N) is 1. The predicted molar refractivity (Wildman–Crippen MR) is 130 cm³/mol. The number of amides is 4. The van der Waals surface area contributed by atoms with E-state index in [1.807, 2.05) is 0 Å². The zero-order chi connectivity index (χ0) is 30.6. The lowest BCUT2D eigenvalue weighted by molar-refractivity contribution is -0.146. The van der Waals surface area contributed by atoms with Crippen LogP contribution in [0.15, 0.2) is 12.1 Å². The number of nitrogens with one attached hydrogen (secondary N) is 3. The van der Waals surface area contributed by atoms with E-state index in [1.54, 1.807) is 0 Å². The van der Waals surface area contributed by atoms with E-state index in [0.717, 1.165) is 19.1 Å². The van der Waals surface area contributed by atoms with Crippen molar-refractivity contribution in [3.8, 4) is 11.8 Å². The average molecular weight is 576 g/mol. The van der Waals surface area contributed by atoms with Crippen LogP contribution in [0, 0.1) is 0 Å². The topological polar surface area (TPSA) is 289 Å². The monoisotopic (exact) mass is 575 g/mol. The van der Waals surface area contributed by atoms with E-state index in [-0.39, 0.29) is 12.7 Å². The molecule has 4 amide bonds. The summed E-state index contributed by atoms with van der Waals surface area (Å²) >= 11 is 0. The molecule has 0 radical (unpaired) electrons. The standard InChI is InChI=1S/C22H33N5O13/c1-10(24-15(32)9-39-20(19(36)14(31)8-29)13(7-28)25-11(2)30)22(38)26-12(21(23)37)3-6-18(35)40-27-16(33)4-5-17(27)34/h4-5,7,10,12-14,19-20,29,31,33-34,36H,3,6,8-9H2,1-2H3,(H2,23,37)(H,24,32)(H,25,30)(H,26,38)/t10?,12?,13-,14+,19+,20+/m0/s1. The van der Waals surface area contributed by atoms with Crippen molar-refractivity contribution >= 4 is 35.9 Å². The number of carbonyl (C=O) groups excluding carboxylic acids is 6. The van der Waals surface area contributed by atoms with Crippen LogP contribution >= 0.6 is 0 Å². The molecule has 1 rings (SSSR count). The molecule has 40 heavy (non-hydrogen) atoms. The van der Waals surface area contributed by atoms with E-state index < -0.39 is 97.4 Å². The molecule has 1 aromatic heterocycles. The van der Waals surface area contributed by atoms with Gasteiger partial charge in [-0.3, -0.25) is 19.2 Å². The Morgan fingerprint density at radius 1 is 1.07 bits per heavy atom. The van der Waals surface area contributed by atoms with Gasteiger partial charge in [-0.1, -0.05) is 0 Å². The van der Waals surface area contributed by atoms with Crippen molar-refractivity contribution in [3.63, 3.8) is 0 Å². The molecule has 224 valence electrons. The predicted octanol–water partition coefficient (Wildman–Crippen LogP) is -5.09. The Kier molecular flexibility index (Phi) is 13.5. The minimum atomic E-state index is -1.89. The lowest BCUT2D eigenvalue weighted by atomic mass is 10.0. The van der Waals surface area contributed by atoms with Crippen LogP contribution in [0.3, 0.4) is 0 Å². The van der Waals surface area contributed by atoms with Gasteiger partial charge in [0.05, 0.1) is 13.0 Å². The number of nitrogens with zero attached hydrogens (tertiary/aromatic N) is 1. The number of carbonyl (C=O) groups is 6. The normalized spacial score (nSPS) is 15.4. The van der Waals surface area contributed by atoms with Crippen LogP contribution in [0.2, 0.25) is 0 Å². The summed E-state index contributed by atoms with van der Waals surface area (Å²) in [7, 11) is 0. The maximum Gasteiger partial charge on any atom is 0.333 e. The van der Waals surface area contributed by atoms with Crippen molar-refractivity contribution in [3.05, 3.63) is 12.1 Å². The number of hydrogen-bond acceptors (Lipinski definition) is 13. The number of hydrogen-bond donors (Lipinski definition) is 9. The summed E-state index contributed by atoms with van der Waals surface area (Å²) in [5, 5.41) is 54.5. The fourth-order valence-electron chi connectivity index (χ4n) is 3.18. The van der Waals surface area contributed by atoms with Gasteiger partial charge in [0.2, 0.25) is 35.4 Å². The number of rotatable bonds is 17. The Labute approximate surface area is 227 Å². The number of aliphatic hydroxyl groups excluding tert-OH is 3. The number of aromatic nitrogens is 1. The summed E-state index contributed by atoms with van der Waals surface area (Å²) in [5.74, 6) is -5.69. The van der Waals surface area contributed by atoms with E-state index in [2.05, 4.69) is 16.0 Å². The van der Waals surface area contributed by atoms with Gasteiger partial charge in [0.25, 0.3) is 0 Å². The second kappa shape index (κ2) is 16.0. The second-order valence-electron chi connectivity index (χ2n) is 8.48. The second-order valence-corrected chi connectivity index (χ2v) is 8.48. The first-order chi connectivity index (χ1) is 18.7. The highest BCUT2D eigenvalue weighted by atomic mass is 16.7. The summed E-state index contributed by atoms with van der Waals surface area (Å²) in [6.45, 7) is 0.498. The van der Waals surface area contributed by atoms with E-state index in [0.29, 0.717) is 4.73 Å². The number of aldehydes is 1. The maximum atomic E-state index is 12.5. The lowest BCUT2D eigenvalue weighted by Crippen LogP contribution is -2.56. The SMILES string of the molecule is CC(=O)N[C@@H](C=O)[C@@H](OCC(=O)NC(C)C(=O)NC(CCC(=O)On1c(O)ccc1O)C(N)=O)[C@H](O)[C@H](O)CO. The minimum Gasteiger partial charge on any atom is -0.492 e. The molecule has 18 heteroatoms. The van der Waals surface area contributed by atoms with Gasteiger partial charge in [-0.15, -0.1) is 4.73 Å². The zero-order valence-electron chi connectivity index (χ0n) is 21.6. The van der Waals surface area contributed by atoms with Crippen LogP contribution in [0.5, 0.6) is 11.8 Å². The van der Waals surface area contributed by atoms with Crippen molar-refractivity contribution in [2.45, 2.75) is 63.1 Å². The molecule has 0 aromatic carbocycles. The summed E-state index contributed by atoms with van der Waals surface area (Å²) in [5.41, 5.74) is 5.26. The zero-order valence-corrected chi connectivity index (χ0v) is 21.6. The summed E-state index contributed by atoms with van der Waals surface area (Å²) < 4.78 is 5.63. The largest absolute Gasteiger partial charge is 0.492 e. The quantitative estimate of drug-likeness (QED) is 0.0787. The van der Waals surface area contributed by atoms with E-state index >= 15 is 0 Å². The van der Waals surface area contributed by atoms with Crippen LogP contribution in [0.1, 0.15) is 26.7 Å². The van der Waals surface area contributed by atoms with Gasteiger partial charge in [0.15, 0.2) is 0 Å². The summed E-state index contributed by atoms with van der Waals surface area (Å²) in [4.78, 5) is 76.0. The van der Waals surface area contributed by atoms with Crippen LogP contribution in [-0.4, -0.2) is 116 Å². The summed E-state index contributed by atoms with van der Waals surface area (Å²) in [6, 6.07) is -2.06. The molecular weight excluding hydrogens is 542 g/mol. The molecule has 0 saturated heterocycles. The highest BCUT2D eigenvalue weighted by molar-refractivity contribution is 5.91. The first-order valence-electron chi connectivity index (χ1n) is 11.7. The Balaban J connectivity index is 2.70. The highest BCUT2D eigenvalue weighted by Gasteiger charge is 2.35. The molecule has 6 atom stereocenters. The van der Waals surface area contributed by atoms with Crippen LogP contribution < -0.4 is 26.5 Å². The molecule has 0 fully saturated rings. The molecule has 1 aromatic rings. The smallest absolute Gasteiger partial charge is 0.333 e. The number of ether oxygens (including phenoxy) is 1. The third-order valence-corrected chi connectivity index (χ3v) is 5.25. The van der Waals surface area contributed by atoms with Gasteiger partial charge < -0.3 is 61.6 Å². The molecule has 2 unspecified atom stereocenters. The molecule has 0 spiro atoms. The first kappa shape index (κ1) is 33.8. The van der Waals surface area contributed by atoms with Crippen molar-refractivity contribution in [2.24, 2.45) is 5.73 Å². The summed E-state index contributed by atoms with van der Waals surface area (Å²) in [6.07, 6.45) is -5.96. The first-order valence-corrected chi connectivity index (χ1v) is 11.7. The van der Waals surface area contributed by atoms with Crippen molar-refractivity contribution in [1.29, 1.82) is 0 Å². The lowest BCUT2D eigenvalue weighted by Gasteiger charge is -2.30. The molecule has 1 heterocycles. The Hall–Kier alpha value is -4.26. The van der Waals surface area contributed by atoms with Crippen molar-refractivity contribution in [2.75, 3.05) is 13.2 Å². The third kappa shape index (κ3) is 10.5. The average Bonchev–Trinajstić information content (AvgIpc) is 3.20. The Bertz CT molecular complexity index is 1040. The van der Waals surface area contributed by atoms with Gasteiger partial charge in [0.1, 0.15) is 49.3 Å². The van der Waals surface area contributed by atoms with Crippen LogP contribution in [0.25, 0.3) is 0 Å². The minimum absolute atomic E-state index is 0.192. The molecule has 0 aliphatic rings. The molecule has 0 aliphatic carbocycles. The van der Waals surface area contributed by atoms with Gasteiger partial charge in [-0.05, 0) is 13.3 Å². The van der Waals surface area contributed by atoms with Gasteiger partial charge in [-0.25, -0.2) is 4.79 Å². The number of aliphatic hydroxyl groups is 3. The van der Waals surface area contributed by atoms with Crippen LogP contribution in [0.4, 0.5) is 0 Å². The molecule has 10 N–H and O–H groups in total. The Morgan fingerprint density at radius 2 is 1.68 bits per heavy atom. The molecule has 18 nitrogen and oxygen atoms in total. The maximum absolute atomic E-state index is 12.5. The van der Waals surface area contributed by atoms with Gasteiger partial charge in [0, 0.05) is 19.1 Å². The molecule has 0 saturated carbocycles. The number of primary amides is 1.